The normalized spacial score (nSPS) is 8.86. The van der Waals surface area contributed by atoms with Crippen molar-refractivity contribution in [3.05, 3.63) is 40.7 Å². The van der Waals surface area contributed by atoms with Gasteiger partial charge in [0.15, 0.2) is 5.56 Å². The molecule has 0 aliphatic heterocycles. The fourth-order valence-electron chi connectivity index (χ4n) is 1.17. The van der Waals surface area contributed by atoms with Crippen LogP contribution in [0.5, 0.6) is 0 Å². The van der Waals surface area contributed by atoms with Crippen molar-refractivity contribution in [3.63, 3.8) is 0 Å². The van der Waals surface area contributed by atoms with Crippen LogP contribution in [0.1, 0.15) is 7.43 Å². The first-order valence-electron chi connectivity index (χ1n) is 3.57. The molecule has 1 heterocycles. The molecule has 14 heavy (non-hydrogen) atoms. The van der Waals surface area contributed by atoms with Crippen molar-refractivity contribution in [2.75, 3.05) is 0 Å². The number of benzene rings is 1. The van der Waals surface area contributed by atoms with E-state index in [0.29, 0.717) is 5.46 Å². The van der Waals surface area contributed by atoms with Crippen molar-refractivity contribution in [2.45, 2.75) is 7.43 Å². The van der Waals surface area contributed by atoms with Crippen LogP contribution < -0.4 is 69.2 Å². The molecule has 64 valence electrons. The summed E-state index contributed by atoms with van der Waals surface area (Å²) in [6, 6.07) is 9.84. The SMILES string of the molecule is C.[B]c1[c-]c(=O)[nH]c2ccccc12.[Rb+]. The summed E-state index contributed by atoms with van der Waals surface area (Å²) >= 11 is 0. The molecule has 2 radical (unpaired) electrons. The van der Waals surface area contributed by atoms with Gasteiger partial charge < -0.3 is 4.98 Å². The first kappa shape index (κ1) is 14.3. The van der Waals surface area contributed by atoms with Crippen molar-refractivity contribution < 1.29 is 58.2 Å². The topological polar surface area (TPSA) is 32.9 Å². The number of hydrogen-bond acceptors (Lipinski definition) is 1. The molecule has 0 fully saturated rings. The Bertz CT molecular complexity index is 481. The van der Waals surface area contributed by atoms with Crippen LogP contribution in [0.4, 0.5) is 0 Å². The number of aromatic amines is 1. The Morgan fingerprint density at radius 3 is 2.64 bits per heavy atom. The van der Waals surface area contributed by atoms with Gasteiger partial charge in [-0.25, -0.2) is 5.46 Å². The zero-order valence-electron chi connectivity index (χ0n) is 7.29. The third kappa shape index (κ3) is 2.89. The zero-order valence-corrected chi connectivity index (χ0v) is 12.2. The Hall–Kier alpha value is 0.300. The third-order valence-electron chi connectivity index (χ3n) is 1.71. The smallest absolute Gasteiger partial charge is 0.355 e. The summed E-state index contributed by atoms with van der Waals surface area (Å²) in [6.07, 6.45) is 0. The van der Waals surface area contributed by atoms with E-state index in [4.69, 9.17) is 7.85 Å². The molecule has 1 aromatic heterocycles. The van der Waals surface area contributed by atoms with Gasteiger partial charge >= 0.3 is 58.2 Å². The summed E-state index contributed by atoms with van der Waals surface area (Å²) in [6.45, 7) is 0. The Morgan fingerprint density at radius 2 is 1.93 bits per heavy atom. The van der Waals surface area contributed by atoms with E-state index >= 15 is 0 Å². The van der Waals surface area contributed by atoms with Crippen LogP contribution in [0.25, 0.3) is 10.9 Å². The molecule has 0 bridgehead atoms. The van der Waals surface area contributed by atoms with Gasteiger partial charge in [-0.05, 0) is 5.52 Å². The van der Waals surface area contributed by atoms with Crippen LogP contribution in [-0.4, -0.2) is 12.8 Å². The Kier molecular flexibility index (Phi) is 6.14. The zero-order chi connectivity index (χ0) is 8.55. The average Bonchev–Trinajstić information content (AvgIpc) is 2.04. The second kappa shape index (κ2) is 6.01. The minimum atomic E-state index is -0.286. The standard InChI is InChI=1S/C9H5BNO.CH4.Rb/c10-7-5-9(12)11-8-4-2-1-3-6(7)8;;/h1-4H,(H,11,12);1H4;/q-1;;+1. The minimum Gasteiger partial charge on any atom is -0.355 e. The van der Waals surface area contributed by atoms with E-state index in [-0.39, 0.29) is 71.2 Å². The number of H-pyrrole nitrogens is 1. The third-order valence-corrected chi connectivity index (χ3v) is 1.71. The van der Waals surface area contributed by atoms with Crippen molar-refractivity contribution in [1.29, 1.82) is 0 Å². The number of para-hydroxylation sites is 1. The monoisotopic (exact) mass is 255 g/mol. The number of fused-ring (bicyclic) bond motifs is 1. The Balaban J connectivity index is 0.000000845. The summed E-state index contributed by atoms with van der Waals surface area (Å²) < 4.78 is 0. The first-order valence-corrected chi connectivity index (χ1v) is 3.57. The maximum atomic E-state index is 10.9. The summed E-state index contributed by atoms with van der Waals surface area (Å²) in [7, 11) is 5.58. The van der Waals surface area contributed by atoms with E-state index in [1.54, 1.807) is 6.07 Å². The fraction of sp³-hybridized carbons (Fsp3) is 0.100. The summed E-state index contributed by atoms with van der Waals surface area (Å²) in [5.41, 5.74) is 0.860. The van der Waals surface area contributed by atoms with Gasteiger partial charge in [0.05, 0.1) is 7.85 Å². The van der Waals surface area contributed by atoms with Gasteiger partial charge in [-0.1, -0.05) is 25.6 Å². The Morgan fingerprint density at radius 1 is 1.29 bits per heavy atom. The van der Waals surface area contributed by atoms with Crippen LogP contribution in [0.15, 0.2) is 29.1 Å². The molecule has 4 heteroatoms. The van der Waals surface area contributed by atoms with E-state index in [2.05, 4.69) is 11.1 Å². The van der Waals surface area contributed by atoms with Gasteiger partial charge in [0.1, 0.15) is 0 Å². The summed E-state index contributed by atoms with van der Waals surface area (Å²) in [5, 5.41) is 0.831. The molecule has 0 aliphatic carbocycles. The predicted octanol–water partition coefficient (Wildman–Crippen LogP) is -2.24. The first-order chi connectivity index (χ1) is 5.77. The molecule has 0 spiro atoms. The van der Waals surface area contributed by atoms with Crippen molar-refractivity contribution >= 4 is 24.2 Å². The maximum absolute atomic E-state index is 10.9. The van der Waals surface area contributed by atoms with Gasteiger partial charge in [-0.2, -0.15) is 11.5 Å². The summed E-state index contributed by atoms with van der Waals surface area (Å²) in [4.78, 5) is 13.6. The molecule has 1 N–H and O–H groups in total. The molecule has 0 unspecified atom stereocenters. The molecule has 0 saturated heterocycles. The van der Waals surface area contributed by atoms with Crippen LogP contribution >= 0.6 is 0 Å². The van der Waals surface area contributed by atoms with Crippen LogP contribution in [-0.2, 0) is 0 Å². The van der Waals surface area contributed by atoms with Crippen LogP contribution in [0.2, 0.25) is 0 Å². The number of pyridine rings is 1. The molecular formula is C10H9BNORb. The summed E-state index contributed by atoms with van der Waals surface area (Å²) in [5.74, 6) is 0. The largest absolute Gasteiger partial charge is 1.00 e. The number of nitrogens with one attached hydrogen (secondary N) is 1. The van der Waals surface area contributed by atoms with Gasteiger partial charge in [-0.15, -0.1) is 6.07 Å². The molecule has 0 atom stereocenters. The molecule has 2 nitrogen and oxygen atoms in total. The molecule has 0 aliphatic rings. The minimum absolute atomic E-state index is 0. The van der Waals surface area contributed by atoms with Gasteiger partial charge in [0, 0.05) is 0 Å². The van der Waals surface area contributed by atoms with Crippen molar-refractivity contribution in [2.24, 2.45) is 0 Å². The van der Waals surface area contributed by atoms with Gasteiger partial charge in [0.25, 0.3) is 0 Å². The number of hydrogen-bond donors (Lipinski definition) is 1. The molecule has 1 aromatic carbocycles. The fourth-order valence-corrected chi connectivity index (χ4v) is 1.17. The predicted molar refractivity (Wildman–Crippen MR) is 55.5 cm³/mol. The second-order valence-electron chi connectivity index (χ2n) is 2.54. The average molecular weight is 255 g/mol. The second-order valence-corrected chi connectivity index (χ2v) is 2.54. The van der Waals surface area contributed by atoms with E-state index in [9.17, 15) is 4.79 Å². The van der Waals surface area contributed by atoms with E-state index in [1.165, 1.54) is 0 Å². The number of rotatable bonds is 0. The van der Waals surface area contributed by atoms with Crippen molar-refractivity contribution in [1.82, 2.24) is 4.98 Å². The van der Waals surface area contributed by atoms with Gasteiger partial charge in [0.2, 0.25) is 0 Å². The van der Waals surface area contributed by atoms with E-state index < -0.39 is 0 Å². The molecular weight excluding hydrogens is 246 g/mol. The molecule has 0 saturated carbocycles. The van der Waals surface area contributed by atoms with E-state index in [1.807, 2.05) is 18.2 Å². The molecule has 0 amide bonds. The number of aromatic nitrogens is 1. The van der Waals surface area contributed by atoms with Crippen molar-refractivity contribution in [3.8, 4) is 0 Å². The Labute approximate surface area is 133 Å². The van der Waals surface area contributed by atoms with Crippen LogP contribution in [0, 0.1) is 6.07 Å². The van der Waals surface area contributed by atoms with Gasteiger partial charge in [-0.3, -0.25) is 4.79 Å². The molecule has 2 rings (SSSR count). The quantitative estimate of drug-likeness (QED) is 0.419. The molecule has 2 aromatic rings. The maximum Gasteiger partial charge on any atom is 1.00 e. The van der Waals surface area contributed by atoms with E-state index in [0.717, 1.165) is 10.9 Å². The van der Waals surface area contributed by atoms with Crippen LogP contribution in [0.3, 0.4) is 0 Å².